The lowest BCUT2D eigenvalue weighted by atomic mass is 10.1. The van der Waals surface area contributed by atoms with Gasteiger partial charge in [-0.15, -0.1) is 0 Å². The third-order valence-corrected chi connectivity index (χ3v) is 3.17. The Hall–Kier alpha value is -1.84. The van der Waals surface area contributed by atoms with Crippen molar-refractivity contribution < 1.29 is 9.59 Å². The highest BCUT2D eigenvalue weighted by Crippen LogP contribution is 2.29. The Morgan fingerprint density at radius 3 is 2.62 bits per heavy atom. The molecule has 1 aromatic carbocycles. The van der Waals surface area contributed by atoms with Gasteiger partial charge in [0.25, 0.3) is 11.7 Å². The lowest BCUT2D eigenvalue weighted by Gasteiger charge is -2.17. The molecule has 0 bridgehead atoms. The number of benzene rings is 1. The van der Waals surface area contributed by atoms with Crippen molar-refractivity contribution >= 4 is 23.1 Å². The van der Waals surface area contributed by atoms with Crippen LogP contribution in [0.15, 0.2) is 18.2 Å². The molecule has 0 atom stereocenters. The van der Waals surface area contributed by atoms with Crippen LogP contribution in [-0.2, 0) is 4.79 Å². The number of hydrogen-bond donors (Lipinski definition) is 1. The molecule has 1 aromatic rings. The van der Waals surface area contributed by atoms with Gasteiger partial charge in [-0.2, -0.15) is 0 Å². The van der Waals surface area contributed by atoms with Crippen molar-refractivity contribution in [3.8, 4) is 0 Å². The summed E-state index contributed by atoms with van der Waals surface area (Å²) in [5.41, 5.74) is 2.23. The van der Waals surface area contributed by atoms with Gasteiger partial charge in [-0.05, 0) is 31.0 Å². The van der Waals surface area contributed by atoms with Gasteiger partial charge >= 0.3 is 0 Å². The molecule has 2 aliphatic rings. The number of rotatable bonds is 1. The molecule has 0 spiro atoms. The average molecular weight is 216 g/mol. The molecular weight excluding hydrogens is 204 g/mol. The topological polar surface area (TPSA) is 49.4 Å². The molecule has 0 aliphatic carbocycles. The van der Waals surface area contributed by atoms with Gasteiger partial charge in [0.1, 0.15) is 0 Å². The molecular formula is C12H12N2O2. The molecule has 1 amide bonds. The van der Waals surface area contributed by atoms with Crippen molar-refractivity contribution in [3.05, 3.63) is 23.8 Å². The highest BCUT2D eigenvalue weighted by molar-refractivity contribution is 6.51. The van der Waals surface area contributed by atoms with E-state index in [1.54, 1.807) is 6.07 Å². The number of amides is 1. The van der Waals surface area contributed by atoms with Gasteiger partial charge in [0.15, 0.2) is 0 Å². The van der Waals surface area contributed by atoms with E-state index in [1.807, 2.05) is 12.1 Å². The summed E-state index contributed by atoms with van der Waals surface area (Å²) in [6.07, 6.45) is 2.42. The molecule has 16 heavy (non-hydrogen) atoms. The van der Waals surface area contributed by atoms with Gasteiger partial charge in [-0.1, -0.05) is 0 Å². The van der Waals surface area contributed by atoms with Gasteiger partial charge in [0, 0.05) is 18.8 Å². The van der Waals surface area contributed by atoms with Crippen molar-refractivity contribution in [2.24, 2.45) is 0 Å². The fourth-order valence-corrected chi connectivity index (χ4v) is 2.31. The number of ketones is 1. The van der Waals surface area contributed by atoms with Crippen molar-refractivity contribution in [3.63, 3.8) is 0 Å². The standard InChI is InChI=1S/C12H12N2O2/c15-11-9-4-3-8(14-5-1-2-6-14)7-10(9)13-12(11)16/h3-4,7H,1-2,5-6H2,(H,13,15,16). The summed E-state index contributed by atoms with van der Waals surface area (Å²) in [7, 11) is 0. The maximum absolute atomic E-state index is 11.4. The second-order valence-corrected chi connectivity index (χ2v) is 4.21. The van der Waals surface area contributed by atoms with Gasteiger partial charge in [-0.3, -0.25) is 9.59 Å². The van der Waals surface area contributed by atoms with Crippen molar-refractivity contribution in [1.82, 2.24) is 0 Å². The number of carbonyl (C=O) groups excluding carboxylic acids is 2. The number of carbonyl (C=O) groups is 2. The molecule has 1 N–H and O–H groups in total. The van der Waals surface area contributed by atoms with Gasteiger partial charge in [0.2, 0.25) is 0 Å². The molecule has 1 saturated heterocycles. The first-order valence-corrected chi connectivity index (χ1v) is 5.50. The molecule has 4 heteroatoms. The predicted molar refractivity (Wildman–Crippen MR) is 60.8 cm³/mol. The Bertz CT molecular complexity index is 476. The number of anilines is 2. The highest BCUT2D eigenvalue weighted by atomic mass is 16.2. The Balaban J connectivity index is 1.98. The molecule has 1 fully saturated rings. The average Bonchev–Trinajstić information content (AvgIpc) is 2.88. The molecule has 2 aliphatic heterocycles. The molecule has 0 unspecified atom stereocenters. The quantitative estimate of drug-likeness (QED) is 0.722. The van der Waals surface area contributed by atoms with Crippen LogP contribution in [0.5, 0.6) is 0 Å². The molecule has 0 aromatic heterocycles. The largest absolute Gasteiger partial charge is 0.371 e. The molecule has 82 valence electrons. The van der Waals surface area contributed by atoms with Crippen LogP contribution in [0.4, 0.5) is 11.4 Å². The third kappa shape index (κ3) is 1.30. The summed E-state index contributed by atoms with van der Waals surface area (Å²) in [4.78, 5) is 24.9. The van der Waals surface area contributed by atoms with Gasteiger partial charge in [-0.25, -0.2) is 0 Å². The van der Waals surface area contributed by atoms with Crippen LogP contribution in [-0.4, -0.2) is 24.8 Å². The van der Waals surface area contributed by atoms with Crippen molar-refractivity contribution in [2.45, 2.75) is 12.8 Å². The van der Waals surface area contributed by atoms with E-state index in [9.17, 15) is 9.59 Å². The summed E-state index contributed by atoms with van der Waals surface area (Å²) in [6, 6.07) is 5.55. The zero-order chi connectivity index (χ0) is 11.1. The Morgan fingerprint density at radius 1 is 1.12 bits per heavy atom. The fourth-order valence-electron chi connectivity index (χ4n) is 2.31. The number of fused-ring (bicyclic) bond motifs is 1. The summed E-state index contributed by atoms with van der Waals surface area (Å²) < 4.78 is 0. The first-order valence-electron chi connectivity index (χ1n) is 5.50. The number of nitrogens with zero attached hydrogens (tertiary/aromatic N) is 1. The van der Waals surface area contributed by atoms with Crippen LogP contribution in [0.2, 0.25) is 0 Å². The monoisotopic (exact) mass is 216 g/mol. The maximum Gasteiger partial charge on any atom is 0.296 e. The van der Waals surface area contributed by atoms with E-state index >= 15 is 0 Å². The van der Waals surface area contributed by atoms with Gasteiger partial charge < -0.3 is 10.2 Å². The third-order valence-electron chi connectivity index (χ3n) is 3.17. The Kier molecular flexibility index (Phi) is 1.96. The van der Waals surface area contributed by atoms with E-state index in [0.29, 0.717) is 11.3 Å². The minimum atomic E-state index is -0.520. The number of nitrogens with one attached hydrogen (secondary N) is 1. The highest BCUT2D eigenvalue weighted by Gasteiger charge is 2.28. The Morgan fingerprint density at radius 2 is 1.88 bits per heavy atom. The minimum absolute atomic E-state index is 0.428. The molecule has 4 nitrogen and oxygen atoms in total. The second kappa shape index (κ2) is 3.33. The smallest absolute Gasteiger partial charge is 0.296 e. The molecule has 2 heterocycles. The van der Waals surface area contributed by atoms with Crippen molar-refractivity contribution in [2.75, 3.05) is 23.3 Å². The molecule has 0 radical (unpaired) electrons. The lowest BCUT2D eigenvalue weighted by molar-refractivity contribution is -0.112. The van der Waals surface area contributed by atoms with Crippen LogP contribution in [0.1, 0.15) is 23.2 Å². The van der Waals surface area contributed by atoms with E-state index in [1.165, 1.54) is 12.8 Å². The normalized spacial score (nSPS) is 18.9. The SMILES string of the molecule is O=C1Nc2cc(N3CCCC3)ccc2C1=O. The van der Waals surface area contributed by atoms with Crippen LogP contribution >= 0.6 is 0 Å². The second-order valence-electron chi connectivity index (χ2n) is 4.21. The molecule has 3 rings (SSSR count). The fraction of sp³-hybridized carbons (Fsp3) is 0.333. The maximum atomic E-state index is 11.4. The van der Waals surface area contributed by atoms with E-state index in [4.69, 9.17) is 0 Å². The van der Waals surface area contributed by atoms with Gasteiger partial charge in [0.05, 0.1) is 11.3 Å². The summed E-state index contributed by atoms with van der Waals surface area (Å²) in [5, 5.41) is 2.60. The zero-order valence-corrected chi connectivity index (χ0v) is 8.82. The van der Waals surface area contributed by atoms with E-state index < -0.39 is 11.7 Å². The number of Topliss-reactive ketones (excluding diaryl/α,β-unsaturated/α-hetero) is 1. The Labute approximate surface area is 93.2 Å². The first kappa shape index (κ1) is 9.39. The van der Waals surface area contributed by atoms with E-state index in [0.717, 1.165) is 18.8 Å². The van der Waals surface area contributed by atoms with Crippen LogP contribution in [0, 0.1) is 0 Å². The van der Waals surface area contributed by atoms with Crippen molar-refractivity contribution in [1.29, 1.82) is 0 Å². The lowest BCUT2D eigenvalue weighted by Crippen LogP contribution is -2.17. The van der Waals surface area contributed by atoms with Crippen LogP contribution in [0.3, 0.4) is 0 Å². The predicted octanol–water partition coefficient (Wildman–Crippen LogP) is 1.42. The number of hydrogen-bond acceptors (Lipinski definition) is 3. The minimum Gasteiger partial charge on any atom is -0.371 e. The first-order chi connectivity index (χ1) is 7.75. The zero-order valence-electron chi connectivity index (χ0n) is 8.82. The summed E-state index contributed by atoms with van der Waals surface area (Å²) in [5.74, 6) is -0.948. The summed E-state index contributed by atoms with van der Waals surface area (Å²) in [6.45, 7) is 2.11. The van der Waals surface area contributed by atoms with E-state index in [-0.39, 0.29) is 0 Å². The van der Waals surface area contributed by atoms with E-state index in [2.05, 4.69) is 10.2 Å². The molecule has 0 saturated carbocycles. The van der Waals surface area contributed by atoms with Crippen LogP contribution in [0.25, 0.3) is 0 Å². The van der Waals surface area contributed by atoms with Crippen LogP contribution < -0.4 is 10.2 Å². The summed E-state index contributed by atoms with van der Waals surface area (Å²) >= 11 is 0.